The van der Waals surface area contributed by atoms with Crippen LogP contribution in [0.15, 0.2) is 54.6 Å². The molecule has 3 unspecified atom stereocenters. The average molecular weight is 404 g/mol. The van der Waals surface area contributed by atoms with Crippen molar-refractivity contribution in [1.82, 2.24) is 4.90 Å². The lowest BCUT2D eigenvalue weighted by Crippen LogP contribution is -2.36. The molecular weight excluding hydrogens is 371 g/mol. The highest BCUT2D eigenvalue weighted by atomic mass is 19.4. The predicted octanol–water partition coefficient (Wildman–Crippen LogP) is 6.63. The number of alkyl halides is 3. The van der Waals surface area contributed by atoms with Gasteiger partial charge in [0.15, 0.2) is 0 Å². The summed E-state index contributed by atoms with van der Waals surface area (Å²) in [6.07, 6.45) is 0.396. The zero-order valence-corrected chi connectivity index (χ0v) is 17.5. The van der Waals surface area contributed by atoms with Gasteiger partial charge in [0, 0.05) is 12.6 Å². The summed E-state index contributed by atoms with van der Waals surface area (Å²) in [4.78, 5) is 2.56. The lowest BCUT2D eigenvalue weighted by Gasteiger charge is -2.30. The summed E-state index contributed by atoms with van der Waals surface area (Å²) >= 11 is 0. The van der Waals surface area contributed by atoms with Crippen molar-refractivity contribution < 1.29 is 13.2 Å². The zero-order chi connectivity index (χ0) is 20.9. The van der Waals surface area contributed by atoms with Gasteiger partial charge in [-0.1, -0.05) is 68.4 Å². The standard InChI is InChI=1S/C25H32F3N/c1-3-22(29(4-2)17-16-19-8-6-5-7-9-19)15-12-20-10-13-21(14-11-20)23-18-24(23)25(26,27)28/h5-11,13-14,22-24H,3-4,12,15-18H2,1-2H3. The second-order valence-corrected chi connectivity index (χ2v) is 8.20. The molecule has 0 aromatic heterocycles. The second-order valence-electron chi connectivity index (χ2n) is 8.20. The van der Waals surface area contributed by atoms with E-state index in [1.807, 2.05) is 30.3 Å². The summed E-state index contributed by atoms with van der Waals surface area (Å²) in [5.41, 5.74) is 3.42. The fourth-order valence-corrected chi connectivity index (χ4v) is 4.35. The molecule has 0 amide bonds. The van der Waals surface area contributed by atoms with Crippen molar-refractivity contribution in [2.24, 2.45) is 5.92 Å². The molecule has 1 nitrogen and oxygen atoms in total. The summed E-state index contributed by atoms with van der Waals surface area (Å²) in [6, 6.07) is 19.0. The third-order valence-electron chi connectivity index (χ3n) is 6.31. The van der Waals surface area contributed by atoms with E-state index in [4.69, 9.17) is 0 Å². The number of rotatable bonds is 10. The van der Waals surface area contributed by atoms with Gasteiger partial charge in [-0.25, -0.2) is 0 Å². The van der Waals surface area contributed by atoms with Crippen LogP contribution in [0.5, 0.6) is 0 Å². The first-order valence-electron chi connectivity index (χ1n) is 10.9. The lowest BCUT2D eigenvalue weighted by atomic mass is 9.99. The molecule has 0 saturated heterocycles. The normalized spacial score (nSPS) is 20.1. The maximum atomic E-state index is 12.8. The Morgan fingerprint density at radius 2 is 1.59 bits per heavy atom. The third kappa shape index (κ3) is 6.08. The number of hydrogen-bond donors (Lipinski definition) is 0. The molecule has 3 atom stereocenters. The first kappa shape index (κ1) is 21.9. The molecule has 3 rings (SSSR count). The van der Waals surface area contributed by atoms with Crippen molar-refractivity contribution in [2.75, 3.05) is 13.1 Å². The third-order valence-corrected chi connectivity index (χ3v) is 6.31. The van der Waals surface area contributed by atoms with E-state index in [1.165, 1.54) is 11.1 Å². The summed E-state index contributed by atoms with van der Waals surface area (Å²) in [5.74, 6) is -1.47. The predicted molar refractivity (Wildman–Crippen MR) is 113 cm³/mol. The molecule has 29 heavy (non-hydrogen) atoms. The SMILES string of the molecule is CCC(CCc1ccc(C2CC2C(F)(F)F)cc1)N(CC)CCc1ccccc1. The summed E-state index contributed by atoms with van der Waals surface area (Å²) in [7, 11) is 0. The van der Waals surface area contributed by atoms with Crippen LogP contribution in [0, 0.1) is 5.92 Å². The molecule has 4 heteroatoms. The fraction of sp³-hybridized carbons (Fsp3) is 0.520. The van der Waals surface area contributed by atoms with Crippen molar-refractivity contribution >= 4 is 0 Å². The Balaban J connectivity index is 1.50. The molecule has 0 N–H and O–H groups in total. The minimum Gasteiger partial charge on any atom is -0.300 e. The van der Waals surface area contributed by atoms with Gasteiger partial charge in [0.2, 0.25) is 0 Å². The van der Waals surface area contributed by atoms with Gasteiger partial charge in [-0.05, 0) is 61.3 Å². The van der Waals surface area contributed by atoms with E-state index in [2.05, 4.69) is 43.0 Å². The smallest absolute Gasteiger partial charge is 0.300 e. The molecule has 158 valence electrons. The van der Waals surface area contributed by atoms with E-state index in [-0.39, 0.29) is 12.3 Å². The molecule has 0 aliphatic heterocycles. The summed E-state index contributed by atoms with van der Waals surface area (Å²) < 4.78 is 38.3. The Labute approximate surface area is 172 Å². The molecule has 0 radical (unpaired) electrons. The maximum absolute atomic E-state index is 12.8. The average Bonchev–Trinajstić information content (AvgIpc) is 3.53. The van der Waals surface area contributed by atoms with Crippen LogP contribution in [-0.4, -0.2) is 30.2 Å². The van der Waals surface area contributed by atoms with Crippen molar-refractivity contribution in [2.45, 2.75) is 64.1 Å². The highest BCUT2D eigenvalue weighted by Crippen LogP contribution is 2.56. The van der Waals surface area contributed by atoms with E-state index in [1.54, 1.807) is 0 Å². The summed E-state index contributed by atoms with van der Waals surface area (Å²) in [6.45, 7) is 6.54. The first-order valence-corrected chi connectivity index (χ1v) is 10.9. The van der Waals surface area contributed by atoms with Crippen LogP contribution < -0.4 is 0 Å². The van der Waals surface area contributed by atoms with Crippen LogP contribution in [0.2, 0.25) is 0 Å². The topological polar surface area (TPSA) is 3.24 Å². The lowest BCUT2D eigenvalue weighted by molar-refractivity contribution is -0.148. The molecular formula is C25H32F3N. The Morgan fingerprint density at radius 3 is 2.14 bits per heavy atom. The Hall–Kier alpha value is -1.81. The van der Waals surface area contributed by atoms with E-state index < -0.39 is 12.1 Å². The van der Waals surface area contributed by atoms with Crippen LogP contribution in [-0.2, 0) is 12.8 Å². The number of benzene rings is 2. The van der Waals surface area contributed by atoms with Crippen LogP contribution in [0.1, 0.15) is 55.7 Å². The molecule has 0 bridgehead atoms. The van der Waals surface area contributed by atoms with Crippen molar-refractivity contribution in [1.29, 1.82) is 0 Å². The zero-order valence-electron chi connectivity index (χ0n) is 17.5. The minimum atomic E-state index is -4.05. The fourth-order valence-electron chi connectivity index (χ4n) is 4.35. The van der Waals surface area contributed by atoms with Gasteiger partial charge in [-0.15, -0.1) is 0 Å². The van der Waals surface area contributed by atoms with Gasteiger partial charge >= 0.3 is 6.18 Å². The number of hydrogen-bond acceptors (Lipinski definition) is 1. The molecule has 0 heterocycles. The second kappa shape index (κ2) is 9.80. The largest absolute Gasteiger partial charge is 0.392 e. The molecule has 1 fully saturated rings. The van der Waals surface area contributed by atoms with E-state index in [0.717, 1.165) is 44.3 Å². The number of halogens is 3. The van der Waals surface area contributed by atoms with Crippen LogP contribution in [0.25, 0.3) is 0 Å². The van der Waals surface area contributed by atoms with Crippen molar-refractivity contribution in [3.63, 3.8) is 0 Å². The quantitative estimate of drug-likeness (QED) is 0.430. The van der Waals surface area contributed by atoms with Gasteiger partial charge in [-0.3, -0.25) is 0 Å². The van der Waals surface area contributed by atoms with E-state index in [0.29, 0.717) is 6.04 Å². The highest BCUT2D eigenvalue weighted by Gasteiger charge is 2.55. The Bertz CT molecular complexity index is 739. The maximum Gasteiger partial charge on any atom is 0.392 e. The van der Waals surface area contributed by atoms with Crippen LogP contribution >= 0.6 is 0 Å². The minimum absolute atomic E-state index is 0.244. The Kier molecular flexibility index (Phi) is 7.39. The number of aryl methyl sites for hydroxylation is 1. The molecule has 1 saturated carbocycles. The molecule has 2 aromatic rings. The van der Waals surface area contributed by atoms with Gasteiger partial charge in [-0.2, -0.15) is 13.2 Å². The van der Waals surface area contributed by atoms with Crippen LogP contribution in [0.3, 0.4) is 0 Å². The van der Waals surface area contributed by atoms with E-state index >= 15 is 0 Å². The van der Waals surface area contributed by atoms with Gasteiger partial charge in [0.25, 0.3) is 0 Å². The monoisotopic (exact) mass is 403 g/mol. The van der Waals surface area contributed by atoms with Gasteiger partial charge < -0.3 is 4.90 Å². The van der Waals surface area contributed by atoms with E-state index in [9.17, 15) is 13.2 Å². The molecule has 0 spiro atoms. The highest BCUT2D eigenvalue weighted by molar-refractivity contribution is 5.30. The van der Waals surface area contributed by atoms with Gasteiger partial charge in [0.1, 0.15) is 0 Å². The summed E-state index contributed by atoms with van der Waals surface area (Å²) in [5, 5.41) is 0. The number of nitrogens with zero attached hydrogens (tertiary/aromatic N) is 1. The first-order chi connectivity index (χ1) is 13.9. The van der Waals surface area contributed by atoms with Crippen LogP contribution in [0.4, 0.5) is 13.2 Å². The Morgan fingerprint density at radius 1 is 0.931 bits per heavy atom. The molecule has 1 aliphatic carbocycles. The number of likely N-dealkylation sites (N-methyl/N-ethyl adjacent to an activating group) is 1. The van der Waals surface area contributed by atoms with Crippen molar-refractivity contribution in [3.8, 4) is 0 Å². The van der Waals surface area contributed by atoms with Crippen molar-refractivity contribution in [3.05, 3.63) is 71.3 Å². The molecule has 1 aliphatic rings. The molecule has 2 aromatic carbocycles. The van der Waals surface area contributed by atoms with Gasteiger partial charge in [0.05, 0.1) is 5.92 Å².